The molecular formula is C34H39N5O9. The molecule has 0 aromatic heterocycles. The second-order valence-electron chi connectivity index (χ2n) is 11.7. The number of nitro benzene ring substituents is 1. The summed E-state index contributed by atoms with van der Waals surface area (Å²) in [6.45, 7) is 3.91. The number of carbonyl (C=O) groups is 5. The van der Waals surface area contributed by atoms with Gasteiger partial charge in [0.05, 0.1) is 11.5 Å². The predicted octanol–water partition coefficient (Wildman–Crippen LogP) is 2.73. The summed E-state index contributed by atoms with van der Waals surface area (Å²) in [5.74, 6) is -2.76. The minimum atomic E-state index is -1.15. The minimum absolute atomic E-state index is 0.0719. The van der Waals surface area contributed by atoms with Gasteiger partial charge in [-0.15, -0.1) is 0 Å². The standard InChI is InChI=1S/C34H39N5O9/c1-34(2,3)48-33(44)36-20-29(40)35-21-30(41)37-27(18-23-10-6-4-7-11-23)31(42)38-28(19-24-12-8-5-9-13-24)32(43)47-22-25-14-16-26(17-15-25)39(45)46/h4-17,27-28H,18-22H2,1-3H3,(H,35,40)(H,36,44)(H,37,41)(H,38,42)/t27-,28+/m0/s1. The zero-order chi connectivity index (χ0) is 35.1. The molecule has 0 spiro atoms. The molecule has 254 valence electrons. The lowest BCUT2D eigenvalue weighted by molar-refractivity contribution is -0.384. The predicted molar refractivity (Wildman–Crippen MR) is 174 cm³/mol. The molecule has 2 atom stereocenters. The van der Waals surface area contributed by atoms with Crippen LogP contribution in [0.4, 0.5) is 10.5 Å². The summed E-state index contributed by atoms with van der Waals surface area (Å²) in [6, 6.07) is 21.1. The Labute approximate surface area is 277 Å². The number of benzene rings is 3. The van der Waals surface area contributed by atoms with Crippen molar-refractivity contribution in [3.63, 3.8) is 0 Å². The number of amides is 4. The molecule has 0 saturated heterocycles. The van der Waals surface area contributed by atoms with Crippen molar-refractivity contribution in [1.82, 2.24) is 21.3 Å². The van der Waals surface area contributed by atoms with E-state index in [0.29, 0.717) is 5.56 Å². The number of hydrogen-bond acceptors (Lipinski definition) is 9. The molecule has 0 fully saturated rings. The zero-order valence-corrected chi connectivity index (χ0v) is 26.9. The molecule has 0 aliphatic carbocycles. The van der Waals surface area contributed by atoms with Gasteiger partial charge in [0.15, 0.2) is 0 Å². The summed E-state index contributed by atoms with van der Waals surface area (Å²) < 4.78 is 10.6. The highest BCUT2D eigenvalue weighted by atomic mass is 16.6. The van der Waals surface area contributed by atoms with Crippen molar-refractivity contribution in [3.8, 4) is 0 Å². The van der Waals surface area contributed by atoms with Gasteiger partial charge >= 0.3 is 12.1 Å². The van der Waals surface area contributed by atoms with Gasteiger partial charge < -0.3 is 30.7 Å². The van der Waals surface area contributed by atoms with Crippen LogP contribution in [-0.2, 0) is 48.1 Å². The fourth-order valence-electron chi connectivity index (χ4n) is 4.30. The molecule has 14 heteroatoms. The van der Waals surface area contributed by atoms with E-state index in [-0.39, 0.29) is 25.1 Å². The van der Waals surface area contributed by atoms with Gasteiger partial charge in [0.2, 0.25) is 17.7 Å². The van der Waals surface area contributed by atoms with Crippen LogP contribution in [0.2, 0.25) is 0 Å². The van der Waals surface area contributed by atoms with Crippen LogP contribution in [0.25, 0.3) is 0 Å². The normalized spacial score (nSPS) is 12.1. The fraction of sp³-hybridized carbons (Fsp3) is 0.324. The van der Waals surface area contributed by atoms with E-state index in [1.165, 1.54) is 24.3 Å². The number of hydrogen-bond donors (Lipinski definition) is 4. The quantitative estimate of drug-likeness (QED) is 0.108. The van der Waals surface area contributed by atoms with Crippen molar-refractivity contribution in [2.75, 3.05) is 13.1 Å². The molecule has 3 rings (SSSR count). The van der Waals surface area contributed by atoms with Gasteiger partial charge in [-0.3, -0.25) is 24.5 Å². The molecular weight excluding hydrogens is 622 g/mol. The van der Waals surface area contributed by atoms with E-state index in [0.717, 1.165) is 11.1 Å². The Morgan fingerprint density at radius 1 is 0.708 bits per heavy atom. The lowest BCUT2D eigenvalue weighted by atomic mass is 10.0. The van der Waals surface area contributed by atoms with Gasteiger partial charge in [-0.25, -0.2) is 9.59 Å². The molecule has 3 aromatic rings. The maximum Gasteiger partial charge on any atom is 0.408 e. The molecule has 0 saturated carbocycles. The van der Waals surface area contributed by atoms with Crippen LogP contribution < -0.4 is 21.3 Å². The van der Waals surface area contributed by atoms with Crippen molar-refractivity contribution >= 4 is 35.5 Å². The maximum atomic E-state index is 13.6. The Hall–Kier alpha value is -5.79. The number of alkyl carbamates (subject to hydrolysis) is 1. The lowest BCUT2D eigenvalue weighted by Crippen LogP contribution is -2.54. The molecule has 0 radical (unpaired) electrons. The van der Waals surface area contributed by atoms with Crippen LogP contribution in [-0.4, -0.2) is 65.5 Å². The smallest absolute Gasteiger partial charge is 0.408 e. The Morgan fingerprint density at radius 2 is 1.25 bits per heavy atom. The summed E-state index contributed by atoms with van der Waals surface area (Å²) >= 11 is 0. The summed E-state index contributed by atoms with van der Waals surface area (Å²) in [5.41, 5.74) is 1.11. The molecule has 0 aliphatic rings. The average Bonchev–Trinajstić information content (AvgIpc) is 3.05. The first-order chi connectivity index (χ1) is 22.8. The molecule has 0 aliphatic heterocycles. The fourth-order valence-corrected chi connectivity index (χ4v) is 4.30. The SMILES string of the molecule is CC(C)(C)OC(=O)NCC(=O)NCC(=O)N[C@@H](Cc1ccccc1)C(=O)N[C@H](Cc1ccccc1)C(=O)OCc1ccc([N+](=O)[O-])cc1. The highest BCUT2D eigenvalue weighted by molar-refractivity contribution is 5.93. The number of nitro groups is 1. The Bertz CT molecular complexity index is 1560. The Balaban J connectivity index is 1.68. The minimum Gasteiger partial charge on any atom is -0.459 e. The van der Waals surface area contributed by atoms with Crippen LogP contribution in [0.5, 0.6) is 0 Å². The molecule has 4 N–H and O–H groups in total. The molecule has 14 nitrogen and oxygen atoms in total. The molecule has 4 amide bonds. The first kappa shape index (κ1) is 36.7. The van der Waals surface area contributed by atoms with E-state index in [1.807, 2.05) is 6.07 Å². The number of esters is 1. The van der Waals surface area contributed by atoms with Crippen LogP contribution in [0.3, 0.4) is 0 Å². The number of nitrogens with zero attached hydrogens (tertiary/aromatic N) is 1. The average molecular weight is 662 g/mol. The largest absolute Gasteiger partial charge is 0.459 e. The summed E-state index contributed by atoms with van der Waals surface area (Å²) in [5, 5.41) is 20.9. The van der Waals surface area contributed by atoms with Crippen molar-refractivity contribution in [3.05, 3.63) is 112 Å². The number of ether oxygens (including phenoxy) is 2. The van der Waals surface area contributed by atoms with Gasteiger partial charge in [0.25, 0.3) is 5.69 Å². The van der Waals surface area contributed by atoms with E-state index in [4.69, 9.17) is 9.47 Å². The van der Waals surface area contributed by atoms with E-state index in [1.54, 1.807) is 75.4 Å². The lowest BCUT2D eigenvalue weighted by Gasteiger charge is -2.23. The second-order valence-corrected chi connectivity index (χ2v) is 11.7. The van der Waals surface area contributed by atoms with Crippen LogP contribution >= 0.6 is 0 Å². The number of nitrogens with one attached hydrogen (secondary N) is 4. The molecule has 3 aromatic carbocycles. The highest BCUT2D eigenvalue weighted by Crippen LogP contribution is 2.14. The molecule has 48 heavy (non-hydrogen) atoms. The van der Waals surface area contributed by atoms with Gasteiger partial charge in [0, 0.05) is 25.0 Å². The zero-order valence-electron chi connectivity index (χ0n) is 26.9. The third-order valence-corrected chi connectivity index (χ3v) is 6.58. The van der Waals surface area contributed by atoms with Gasteiger partial charge in [-0.05, 0) is 49.6 Å². The van der Waals surface area contributed by atoms with Gasteiger partial charge in [0.1, 0.15) is 30.8 Å². The molecule has 0 unspecified atom stereocenters. The summed E-state index contributed by atoms with van der Waals surface area (Å²) in [4.78, 5) is 74.2. The van der Waals surface area contributed by atoms with E-state index in [9.17, 15) is 34.1 Å². The Morgan fingerprint density at radius 3 is 1.79 bits per heavy atom. The van der Waals surface area contributed by atoms with Crippen molar-refractivity contribution in [2.24, 2.45) is 0 Å². The first-order valence-electron chi connectivity index (χ1n) is 15.1. The first-order valence-corrected chi connectivity index (χ1v) is 15.1. The van der Waals surface area contributed by atoms with Crippen molar-refractivity contribution < 1.29 is 38.4 Å². The van der Waals surface area contributed by atoms with Crippen LogP contribution in [0.15, 0.2) is 84.9 Å². The van der Waals surface area contributed by atoms with Crippen LogP contribution in [0.1, 0.15) is 37.5 Å². The van der Waals surface area contributed by atoms with Gasteiger partial charge in [-0.2, -0.15) is 0 Å². The van der Waals surface area contributed by atoms with Crippen molar-refractivity contribution in [2.45, 2.75) is 57.9 Å². The van der Waals surface area contributed by atoms with Gasteiger partial charge in [-0.1, -0.05) is 60.7 Å². The summed E-state index contributed by atoms with van der Waals surface area (Å²) in [6.07, 6.45) is -0.640. The van der Waals surface area contributed by atoms with Crippen molar-refractivity contribution in [1.29, 1.82) is 0 Å². The third kappa shape index (κ3) is 13.3. The monoisotopic (exact) mass is 661 g/mol. The Kier molecular flexibility index (Phi) is 13.6. The van der Waals surface area contributed by atoms with E-state index >= 15 is 0 Å². The molecule has 0 bridgehead atoms. The van der Waals surface area contributed by atoms with Crippen LogP contribution in [0, 0.1) is 10.1 Å². The van der Waals surface area contributed by atoms with E-state index in [2.05, 4.69) is 21.3 Å². The number of rotatable bonds is 15. The summed E-state index contributed by atoms with van der Waals surface area (Å²) in [7, 11) is 0. The maximum absolute atomic E-state index is 13.6. The topological polar surface area (TPSA) is 195 Å². The third-order valence-electron chi connectivity index (χ3n) is 6.58. The second kappa shape index (κ2) is 17.8. The highest BCUT2D eigenvalue weighted by Gasteiger charge is 2.28. The molecule has 0 heterocycles. The number of carbonyl (C=O) groups excluding carboxylic acids is 5. The van der Waals surface area contributed by atoms with E-state index < -0.39 is 65.5 Å². The number of non-ortho nitro benzene ring substituents is 1.